The molecule has 1 aliphatic carbocycles. The summed E-state index contributed by atoms with van der Waals surface area (Å²) in [4.78, 5) is 18.5. The van der Waals surface area contributed by atoms with Crippen molar-refractivity contribution in [3.63, 3.8) is 0 Å². The zero-order valence-electron chi connectivity index (χ0n) is 14.8. The van der Waals surface area contributed by atoms with Gasteiger partial charge < -0.3 is 19.1 Å². The summed E-state index contributed by atoms with van der Waals surface area (Å²) < 4.78 is 15.9. The highest BCUT2D eigenvalue weighted by atomic mass is 32.1. The monoisotopic (exact) mass is 372 g/mol. The first-order valence-corrected chi connectivity index (χ1v) is 8.61. The lowest BCUT2D eigenvalue weighted by Gasteiger charge is -2.19. The number of carbonyl (C=O) groups excluding carboxylic acids is 1. The van der Waals surface area contributed by atoms with Crippen LogP contribution in [0.1, 0.15) is 17.9 Å². The molecule has 0 aliphatic heterocycles. The Kier molecular flexibility index (Phi) is 5.37. The summed E-state index contributed by atoms with van der Waals surface area (Å²) in [6, 6.07) is 7.52. The minimum absolute atomic E-state index is 0.0326. The Morgan fingerprint density at radius 2 is 2.00 bits per heavy atom. The van der Waals surface area contributed by atoms with Crippen LogP contribution in [-0.4, -0.2) is 37.7 Å². The van der Waals surface area contributed by atoms with Crippen LogP contribution >= 0.6 is 12.2 Å². The summed E-state index contributed by atoms with van der Waals surface area (Å²) in [5, 5.41) is 0. The van der Waals surface area contributed by atoms with E-state index in [0.29, 0.717) is 22.9 Å². The van der Waals surface area contributed by atoms with Crippen LogP contribution in [0.2, 0.25) is 0 Å². The predicted molar refractivity (Wildman–Crippen MR) is 102 cm³/mol. The minimum atomic E-state index is -0.0772. The van der Waals surface area contributed by atoms with Crippen LogP contribution in [0.4, 0.5) is 5.69 Å². The summed E-state index contributed by atoms with van der Waals surface area (Å²) >= 11 is 4.74. The molecule has 1 fully saturated rings. The predicted octanol–water partition coefficient (Wildman–Crippen LogP) is 3.20. The van der Waals surface area contributed by atoms with Crippen LogP contribution in [0.25, 0.3) is 0 Å². The number of methoxy groups -OCH3 is 2. The number of pyridine rings is 1. The second kappa shape index (κ2) is 7.70. The second-order valence-electron chi connectivity index (χ2n) is 6.02. The summed E-state index contributed by atoms with van der Waals surface area (Å²) in [5.41, 5.74) is 2.87. The molecular formula is C19H20N2O4S. The Hall–Kier alpha value is -2.67. The van der Waals surface area contributed by atoms with Gasteiger partial charge in [0.25, 0.3) is 0 Å². The topological polar surface area (TPSA) is 60.9 Å². The zero-order chi connectivity index (χ0) is 18.7. The molecule has 26 heavy (non-hydrogen) atoms. The lowest BCUT2D eigenvalue weighted by Crippen LogP contribution is -2.28. The van der Waals surface area contributed by atoms with Gasteiger partial charge in [0, 0.05) is 19.2 Å². The van der Waals surface area contributed by atoms with E-state index in [1.54, 1.807) is 44.6 Å². The van der Waals surface area contributed by atoms with Gasteiger partial charge in [-0.05, 0) is 48.3 Å². The van der Waals surface area contributed by atoms with Crippen LogP contribution in [0.3, 0.4) is 0 Å². The maximum atomic E-state index is 12.9. The number of benzene rings is 1. The first-order valence-electron chi connectivity index (χ1n) is 8.14. The fourth-order valence-corrected chi connectivity index (χ4v) is 3.18. The summed E-state index contributed by atoms with van der Waals surface area (Å²) in [7, 11) is 4.94. The zero-order valence-corrected chi connectivity index (χ0v) is 15.7. The average molecular weight is 372 g/mol. The van der Waals surface area contributed by atoms with Crippen LogP contribution in [0.5, 0.6) is 17.2 Å². The molecule has 0 saturated heterocycles. The van der Waals surface area contributed by atoms with Crippen molar-refractivity contribution in [2.45, 2.75) is 12.3 Å². The fraction of sp³-hybridized carbons (Fsp3) is 0.316. The molecule has 2 aromatic rings. The highest BCUT2D eigenvalue weighted by Gasteiger charge is 2.46. The van der Waals surface area contributed by atoms with Gasteiger partial charge in [0.1, 0.15) is 0 Å². The number of hydrogen-bond acceptors (Lipinski definition) is 6. The molecule has 0 radical (unpaired) electrons. The first-order chi connectivity index (χ1) is 12.6. The molecule has 0 spiro atoms. The molecule has 3 rings (SSSR count). The summed E-state index contributed by atoms with van der Waals surface area (Å²) in [5.74, 6) is 1.93. The SMILES string of the molecule is COc1ccc(C2CC2C(=O)N(C)c2ccncc2OC=S)cc1OC. The average Bonchev–Trinajstić information content (AvgIpc) is 3.47. The molecule has 1 saturated carbocycles. The van der Waals surface area contributed by atoms with Crippen LogP contribution < -0.4 is 19.1 Å². The standard InChI is InChI=1S/C19H20N2O4S/c1-21(15-6-7-20-10-18(15)25-11-26)19(22)14-9-13(14)12-4-5-16(23-2)17(8-12)24-3/h4-8,10-11,13-14H,9H2,1-3H3. The third kappa shape index (κ3) is 3.48. The molecule has 1 amide bonds. The van der Waals surface area contributed by atoms with E-state index in [-0.39, 0.29) is 17.7 Å². The number of anilines is 1. The molecule has 0 N–H and O–H groups in total. The molecule has 0 bridgehead atoms. The molecule has 1 aliphatic rings. The minimum Gasteiger partial charge on any atom is -0.493 e. The normalized spacial score (nSPS) is 18.0. The van der Waals surface area contributed by atoms with Crippen LogP contribution in [-0.2, 0) is 4.79 Å². The maximum absolute atomic E-state index is 12.9. The third-order valence-electron chi connectivity index (χ3n) is 4.57. The van der Waals surface area contributed by atoms with Crippen molar-refractivity contribution < 1.29 is 19.0 Å². The van der Waals surface area contributed by atoms with E-state index in [1.807, 2.05) is 18.2 Å². The number of aromatic nitrogens is 1. The maximum Gasteiger partial charge on any atom is 0.230 e. The molecule has 2 unspecified atom stereocenters. The number of carbonyl (C=O) groups is 1. The van der Waals surface area contributed by atoms with E-state index in [2.05, 4.69) is 4.98 Å². The van der Waals surface area contributed by atoms with Crippen molar-refractivity contribution in [1.82, 2.24) is 4.98 Å². The number of nitrogens with zero attached hydrogens (tertiary/aromatic N) is 2. The van der Waals surface area contributed by atoms with E-state index >= 15 is 0 Å². The lowest BCUT2D eigenvalue weighted by molar-refractivity contribution is -0.119. The number of amides is 1. The second-order valence-corrected chi connectivity index (χ2v) is 6.21. The summed E-state index contributed by atoms with van der Waals surface area (Å²) in [6.07, 6.45) is 3.96. The van der Waals surface area contributed by atoms with Crippen molar-refractivity contribution in [3.05, 3.63) is 42.2 Å². The Labute approximate surface area is 157 Å². The van der Waals surface area contributed by atoms with Crippen molar-refractivity contribution >= 4 is 29.4 Å². The van der Waals surface area contributed by atoms with Crippen LogP contribution in [0, 0.1) is 5.92 Å². The molecule has 1 heterocycles. The van der Waals surface area contributed by atoms with Gasteiger partial charge in [0.05, 0.1) is 26.1 Å². The largest absolute Gasteiger partial charge is 0.493 e. The first kappa shape index (κ1) is 18.1. The fourth-order valence-electron chi connectivity index (χ4n) is 3.08. The number of hydrogen-bond donors (Lipinski definition) is 0. The van der Waals surface area contributed by atoms with Gasteiger partial charge in [-0.2, -0.15) is 0 Å². The van der Waals surface area contributed by atoms with Gasteiger partial charge in [-0.3, -0.25) is 9.78 Å². The van der Waals surface area contributed by atoms with Gasteiger partial charge in [-0.25, -0.2) is 0 Å². The molecule has 136 valence electrons. The quantitative estimate of drug-likeness (QED) is 0.696. The third-order valence-corrected chi connectivity index (χ3v) is 4.67. The Morgan fingerprint density at radius 1 is 1.23 bits per heavy atom. The van der Waals surface area contributed by atoms with Gasteiger partial charge >= 0.3 is 0 Å². The molecule has 7 heteroatoms. The van der Waals surface area contributed by atoms with Gasteiger partial charge in [0.2, 0.25) is 5.91 Å². The van der Waals surface area contributed by atoms with E-state index in [0.717, 1.165) is 17.5 Å². The smallest absolute Gasteiger partial charge is 0.230 e. The Bertz CT molecular complexity index is 827. The van der Waals surface area contributed by atoms with Gasteiger partial charge in [0.15, 0.2) is 22.8 Å². The summed E-state index contributed by atoms with van der Waals surface area (Å²) in [6.45, 7) is 0. The van der Waals surface area contributed by atoms with Crippen molar-refractivity contribution in [1.29, 1.82) is 0 Å². The highest BCUT2D eigenvalue weighted by molar-refractivity contribution is 7.78. The van der Waals surface area contributed by atoms with Crippen molar-refractivity contribution in [3.8, 4) is 17.2 Å². The number of thiocarbonyl (C=S) groups is 1. The van der Waals surface area contributed by atoms with E-state index in [4.69, 9.17) is 26.4 Å². The van der Waals surface area contributed by atoms with E-state index in [1.165, 1.54) is 0 Å². The Balaban J connectivity index is 1.76. The molecule has 2 atom stereocenters. The van der Waals surface area contributed by atoms with E-state index < -0.39 is 0 Å². The number of rotatable bonds is 7. The molecular weight excluding hydrogens is 352 g/mol. The molecule has 1 aromatic heterocycles. The van der Waals surface area contributed by atoms with Crippen molar-refractivity contribution in [2.24, 2.45) is 5.92 Å². The highest BCUT2D eigenvalue weighted by Crippen LogP contribution is 2.50. The van der Waals surface area contributed by atoms with Crippen molar-refractivity contribution in [2.75, 3.05) is 26.2 Å². The molecule has 1 aromatic carbocycles. The van der Waals surface area contributed by atoms with Gasteiger partial charge in [-0.1, -0.05) is 6.07 Å². The molecule has 6 nitrogen and oxygen atoms in total. The number of ether oxygens (including phenoxy) is 3. The van der Waals surface area contributed by atoms with Gasteiger partial charge in [-0.15, -0.1) is 0 Å². The van der Waals surface area contributed by atoms with Crippen LogP contribution in [0.15, 0.2) is 36.7 Å². The van der Waals surface area contributed by atoms with E-state index in [9.17, 15) is 4.79 Å². The lowest BCUT2D eigenvalue weighted by atomic mass is 10.1. The Morgan fingerprint density at radius 3 is 2.69 bits per heavy atom.